The second kappa shape index (κ2) is 7.42. The van der Waals surface area contributed by atoms with Crippen LogP contribution in [0.15, 0.2) is 71.9 Å². The fraction of sp³-hybridized carbons (Fsp3) is 0.0556. The van der Waals surface area contributed by atoms with Crippen LogP contribution in [0, 0.1) is 10.1 Å². The van der Waals surface area contributed by atoms with E-state index in [1.165, 1.54) is 12.1 Å². The van der Waals surface area contributed by atoms with Gasteiger partial charge in [-0.1, -0.05) is 6.07 Å². The van der Waals surface area contributed by atoms with E-state index in [2.05, 4.69) is 10.3 Å². The Morgan fingerprint density at radius 2 is 1.78 bits per heavy atom. The number of pyridine rings is 1. The van der Waals surface area contributed by atoms with Gasteiger partial charge in [0.1, 0.15) is 11.5 Å². The molecule has 0 aliphatic rings. The van der Waals surface area contributed by atoms with Crippen LogP contribution in [0.2, 0.25) is 0 Å². The van der Waals surface area contributed by atoms with Crippen LogP contribution in [-0.2, 0) is 9.84 Å². The lowest BCUT2D eigenvalue weighted by Crippen LogP contribution is -2.04. The Morgan fingerprint density at radius 1 is 1.04 bits per heavy atom. The minimum absolute atomic E-state index is 0.155. The highest BCUT2D eigenvalue weighted by Gasteiger charge is 2.18. The number of ether oxygens (including phenoxy) is 1. The number of nitrogens with zero attached hydrogens (tertiary/aromatic N) is 2. The first kappa shape index (κ1) is 18.3. The SMILES string of the molecule is CS(=O)(=O)c1cc([N+](=O)[O-])ccc1Nc1cccc(Oc2ccncc2)c1. The number of nitrogens with one attached hydrogen (secondary N) is 1. The maximum absolute atomic E-state index is 12.0. The van der Waals surface area contributed by atoms with Crippen molar-refractivity contribution in [2.24, 2.45) is 0 Å². The molecule has 0 aliphatic carbocycles. The maximum Gasteiger partial charge on any atom is 0.270 e. The molecule has 0 saturated carbocycles. The van der Waals surface area contributed by atoms with Crippen LogP contribution in [0.4, 0.5) is 17.1 Å². The van der Waals surface area contributed by atoms with Crippen LogP contribution >= 0.6 is 0 Å². The molecule has 3 aromatic rings. The zero-order valence-corrected chi connectivity index (χ0v) is 15.0. The molecule has 0 amide bonds. The van der Waals surface area contributed by atoms with Gasteiger partial charge in [0.15, 0.2) is 9.84 Å². The van der Waals surface area contributed by atoms with Gasteiger partial charge in [0, 0.05) is 42.5 Å². The van der Waals surface area contributed by atoms with Gasteiger partial charge < -0.3 is 10.1 Å². The summed E-state index contributed by atoms with van der Waals surface area (Å²) in [6, 6.07) is 14.0. The number of nitro benzene ring substituents is 1. The second-order valence-electron chi connectivity index (χ2n) is 5.65. The van der Waals surface area contributed by atoms with E-state index in [1.807, 2.05) is 0 Å². The van der Waals surface area contributed by atoms with E-state index >= 15 is 0 Å². The van der Waals surface area contributed by atoms with Crippen LogP contribution in [0.3, 0.4) is 0 Å². The van der Waals surface area contributed by atoms with Gasteiger partial charge in [-0.3, -0.25) is 15.1 Å². The van der Waals surface area contributed by atoms with Gasteiger partial charge in [-0.05, 0) is 30.3 Å². The van der Waals surface area contributed by atoms with Gasteiger partial charge in [-0.25, -0.2) is 8.42 Å². The van der Waals surface area contributed by atoms with Crippen molar-refractivity contribution in [3.8, 4) is 11.5 Å². The van der Waals surface area contributed by atoms with Gasteiger partial charge in [0.2, 0.25) is 0 Å². The minimum Gasteiger partial charge on any atom is -0.457 e. The van der Waals surface area contributed by atoms with E-state index in [4.69, 9.17) is 4.74 Å². The smallest absolute Gasteiger partial charge is 0.270 e. The Labute approximate surface area is 155 Å². The fourth-order valence-electron chi connectivity index (χ4n) is 2.37. The van der Waals surface area contributed by atoms with Gasteiger partial charge in [0.05, 0.1) is 15.5 Å². The van der Waals surface area contributed by atoms with Crippen LogP contribution in [0.25, 0.3) is 0 Å². The van der Waals surface area contributed by atoms with Crippen molar-refractivity contribution in [1.82, 2.24) is 4.98 Å². The maximum atomic E-state index is 12.0. The Kier molecular flexibility index (Phi) is 5.04. The molecule has 0 aliphatic heterocycles. The van der Waals surface area contributed by atoms with Gasteiger partial charge in [0.25, 0.3) is 5.69 Å². The number of aromatic nitrogens is 1. The molecule has 138 valence electrons. The summed E-state index contributed by atoms with van der Waals surface area (Å²) in [7, 11) is -3.67. The lowest BCUT2D eigenvalue weighted by Gasteiger charge is -2.12. The van der Waals surface area contributed by atoms with Gasteiger partial charge in [-0.2, -0.15) is 0 Å². The molecule has 8 nitrogen and oxygen atoms in total. The van der Waals surface area contributed by atoms with E-state index in [0.29, 0.717) is 17.2 Å². The van der Waals surface area contributed by atoms with E-state index < -0.39 is 14.8 Å². The summed E-state index contributed by atoms with van der Waals surface area (Å²) in [5.74, 6) is 1.14. The number of rotatable bonds is 6. The molecule has 1 N–H and O–H groups in total. The largest absolute Gasteiger partial charge is 0.457 e. The van der Waals surface area contributed by atoms with Crippen molar-refractivity contribution < 1.29 is 18.1 Å². The summed E-state index contributed by atoms with van der Waals surface area (Å²) in [4.78, 5) is 14.1. The number of nitro groups is 1. The van der Waals surface area contributed by atoms with Crippen LogP contribution < -0.4 is 10.1 Å². The summed E-state index contributed by atoms with van der Waals surface area (Å²) in [5, 5.41) is 13.9. The summed E-state index contributed by atoms with van der Waals surface area (Å²) < 4.78 is 29.8. The minimum atomic E-state index is -3.67. The standard InChI is InChI=1S/C18H15N3O5S/c1-27(24,25)18-12-14(21(22)23)5-6-17(18)20-13-3-2-4-16(11-13)26-15-7-9-19-10-8-15/h2-12,20H,1H3. The van der Waals surface area contributed by atoms with Crippen molar-refractivity contribution >= 4 is 26.9 Å². The van der Waals surface area contributed by atoms with E-state index in [-0.39, 0.29) is 16.3 Å². The lowest BCUT2D eigenvalue weighted by atomic mass is 10.2. The first-order chi connectivity index (χ1) is 12.8. The molecule has 0 fully saturated rings. The van der Waals surface area contributed by atoms with Crippen molar-refractivity contribution in [3.05, 3.63) is 77.1 Å². The van der Waals surface area contributed by atoms with E-state index in [0.717, 1.165) is 12.3 Å². The first-order valence-electron chi connectivity index (χ1n) is 7.76. The zero-order chi connectivity index (χ0) is 19.4. The molecule has 2 aromatic carbocycles. The molecule has 0 saturated heterocycles. The van der Waals surface area contributed by atoms with Gasteiger partial charge >= 0.3 is 0 Å². The second-order valence-corrected chi connectivity index (χ2v) is 7.63. The molecule has 27 heavy (non-hydrogen) atoms. The summed E-state index contributed by atoms with van der Waals surface area (Å²) in [5.41, 5.74) is 0.514. The molecule has 0 bridgehead atoms. The molecular formula is C18H15N3O5S. The average molecular weight is 385 g/mol. The predicted molar refractivity (Wildman–Crippen MR) is 100 cm³/mol. The van der Waals surface area contributed by atoms with Crippen molar-refractivity contribution in [3.63, 3.8) is 0 Å². The number of benzene rings is 2. The van der Waals surface area contributed by atoms with Crippen molar-refractivity contribution in [1.29, 1.82) is 0 Å². The van der Waals surface area contributed by atoms with Crippen LogP contribution in [0.5, 0.6) is 11.5 Å². The summed E-state index contributed by atoms with van der Waals surface area (Å²) >= 11 is 0. The molecular weight excluding hydrogens is 370 g/mol. The molecule has 0 atom stereocenters. The number of hydrogen-bond acceptors (Lipinski definition) is 7. The Bertz CT molecular complexity index is 1090. The number of non-ortho nitro benzene ring substituents is 1. The highest BCUT2D eigenvalue weighted by Crippen LogP contribution is 2.31. The molecule has 0 spiro atoms. The number of sulfone groups is 1. The third kappa shape index (κ3) is 4.59. The Balaban J connectivity index is 1.91. The van der Waals surface area contributed by atoms with E-state index in [9.17, 15) is 18.5 Å². The molecule has 9 heteroatoms. The third-order valence-electron chi connectivity index (χ3n) is 3.57. The molecule has 1 heterocycles. The normalized spacial score (nSPS) is 11.0. The molecule has 0 radical (unpaired) electrons. The van der Waals surface area contributed by atoms with E-state index in [1.54, 1.807) is 48.8 Å². The van der Waals surface area contributed by atoms with Gasteiger partial charge in [-0.15, -0.1) is 0 Å². The lowest BCUT2D eigenvalue weighted by molar-refractivity contribution is -0.385. The Hall–Kier alpha value is -3.46. The number of hydrogen-bond donors (Lipinski definition) is 1. The highest BCUT2D eigenvalue weighted by molar-refractivity contribution is 7.90. The quantitative estimate of drug-likeness (QED) is 0.505. The average Bonchev–Trinajstić information content (AvgIpc) is 2.62. The molecule has 1 aromatic heterocycles. The first-order valence-corrected chi connectivity index (χ1v) is 9.65. The predicted octanol–water partition coefficient (Wildman–Crippen LogP) is 3.93. The summed E-state index contributed by atoms with van der Waals surface area (Å²) in [6.07, 6.45) is 4.21. The Morgan fingerprint density at radius 3 is 2.44 bits per heavy atom. The monoisotopic (exact) mass is 385 g/mol. The zero-order valence-electron chi connectivity index (χ0n) is 14.2. The highest BCUT2D eigenvalue weighted by atomic mass is 32.2. The van der Waals surface area contributed by atoms with Crippen LogP contribution in [0.1, 0.15) is 0 Å². The number of anilines is 2. The topological polar surface area (TPSA) is 111 Å². The van der Waals surface area contributed by atoms with Crippen molar-refractivity contribution in [2.45, 2.75) is 4.90 Å². The fourth-order valence-corrected chi connectivity index (χ4v) is 3.22. The summed E-state index contributed by atoms with van der Waals surface area (Å²) in [6.45, 7) is 0. The van der Waals surface area contributed by atoms with Crippen molar-refractivity contribution in [2.75, 3.05) is 11.6 Å². The third-order valence-corrected chi connectivity index (χ3v) is 4.71. The molecule has 0 unspecified atom stereocenters. The van der Waals surface area contributed by atoms with Crippen LogP contribution in [-0.4, -0.2) is 24.6 Å². The molecule has 3 rings (SSSR count).